The highest BCUT2D eigenvalue weighted by molar-refractivity contribution is 9.09. The number of allylic oxidation sites excluding steroid dienone is 2. The Bertz CT molecular complexity index is 253. The van der Waals surface area contributed by atoms with E-state index in [4.69, 9.17) is 4.74 Å². The first-order valence-electron chi connectivity index (χ1n) is 6.62. The molecular weight excluding hydrogens is 264 g/mol. The Morgan fingerprint density at radius 1 is 1.44 bits per heavy atom. The summed E-state index contributed by atoms with van der Waals surface area (Å²) < 4.78 is 6.07. The number of hydrogen-bond acceptors (Lipinski definition) is 1. The Labute approximate surface area is 108 Å². The highest BCUT2D eigenvalue weighted by Crippen LogP contribution is 2.43. The molecule has 92 valence electrons. The van der Waals surface area contributed by atoms with Gasteiger partial charge in [-0.2, -0.15) is 0 Å². The van der Waals surface area contributed by atoms with Crippen LogP contribution in [0.5, 0.6) is 0 Å². The van der Waals surface area contributed by atoms with Crippen molar-refractivity contribution in [1.82, 2.24) is 0 Å². The van der Waals surface area contributed by atoms with Crippen LogP contribution in [0.1, 0.15) is 51.9 Å². The summed E-state index contributed by atoms with van der Waals surface area (Å²) in [5, 5.41) is 1.08. The largest absolute Gasteiger partial charge is 0.375 e. The lowest BCUT2D eigenvalue weighted by Gasteiger charge is -2.38. The van der Waals surface area contributed by atoms with Gasteiger partial charge in [-0.25, -0.2) is 0 Å². The molecule has 0 bridgehead atoms. The second kappa shape index (κ2) is 5.68. The van der Waals surface area contributed by atoms with Crippen LogP contribution >= 0.6 is 15.9 Å². The van der Waals surface area contributed by atoms with Gasteiger partial charge in [0.2, 0.25) is 0 Å². The fraction of sp³-hybridized carbons (Fsp3) is 0.857. The zero-order chi connectivity index (χ0) is 11.4. The van der Waals surface area contributed by atoms with E-state index in [1.54, 1.807) is 5.57 Å². The summed E-state index contributed by atoms with van der Waals surface area (Å²) in [6.45, 7) is 3.28. The summed E-state index contributed by atoms with van der Waals surface area (Å²) in [5.74, 6) is 0.783. The van der Waals surface area contributed by atoms with Gasteiger partial charge in [-0.05, 0) is 44.9 Å². The molecule has 1 saturated heterocycles. The van der Waals surface area contributed by atoms with Gasteiger partial charge in [0.25, 0.3) is 0 Å². The van der Waals surface area contributed by atoms with Crippen LogP contribution in [0.4, 0.5) is 0 Å². The molecule has 1 heterocycles. The summed E-state index contributed by atoms with van der Waals surface area (Å²) in [6.07, 6.45) is 11.4. The second-order valence-electron chi connectivity index (χ2n) is 5.35. The molecule has 1 unspecified atom stereocenters. The third kappa shape index (κ3) is 2.89. The van der Waals surface area contributed by atoms with Crippen molar-refractivity contribution in [2.75, 3.05) is 11.9 Å². The lowest BCUT2D eigenvalue weighted by atomic mass is 9.81. The van der Waals surface area contributed by atoms with Crippen LogP contribution in [-0.2, 0) is 4.74 Å². The predicted molar refractivity (Wildman–Crippen MR) is 72.0 cm³/mol. The van der Waals surface area contributed by atoms with Gasteiger partial charge < -0.3 is 4.74 Å². The molecule has 2 aliphatic rings. The maximum atomic E-state index is 6.07. The Kier molecular flexibility index (Phi) is 4.48. The molecule has 1 nitrogen and oxygen atoms in total. The lowest BCUT2D eigenvalue weighted by Crippen LogP contribution is -2.37. The highest BCUT2D eigenvalue weighted by Gasteiger charge is 2.39. The molecule has 1 aliphatic heterocycles. The number of hydrogen-bond donors (Lipinski definition) is 0. The van der Waals surface area contributed by atoms with E-state index in [0.29, 0.717) is 0 Å². The Morgan fingerprint density at radius 3 is 2.88 bits per heavy atom. The average Bonchev–Trinajstić information content (AvgIpc) is 2.74. The number of alkyl halides is 1. The SMILES string of the molecule is CC(=CCCBr)C1CCOC2(CCCC2)C1. The van der Waals surface area contributed by atoms with Gasteiger partial charge in [-0.15, -0.1) is 0 Å². The fourth-order valence-electron chi connectivity index (χ4n) is 3.23. The third-order valence-electron chi connectivity index (χ3n) is 4.23. The second-order valence-corrected chi connectivity index (χ2v) is 6.15. The van der Waals surface area contributed by atoms with Crippen LogP contribution in [0.3, 0.4) is 0 Å². The third-order valence-corrected chi connectivity index (χ3v) is 4.68. The first kappa shape index (κ1) is 12.6. The molecule has 0 aromatic carbocycles. The van der Waals surface area contributed by atoms with E-state index in [1.165, 1.54) is 38.5 Å². The van der Waals surface area contributed by atoms with E-state index in [2.05, 4.69) is 28.9 Å². The minimum absolute atomic E-state index is 0.270. The summed E-state index contributed by atoms with van der Waals surface area (Å²) in [5.41, 5.74) is 1.86. The smallest absolute Gasteiger partial charge is 0.0688 e. The van der Waals surface area contributed by atoms with Gasteiger partial charge in [-0.3, -0.25) is 0 Å². The van der Waals surface area contributed by atoms with Gasteiger partial charge in [0.1, 0.15) is 0 Å². The van der Waals surface area contributed by atoms with E-state index in [0.717, 1.165) is 24.3 Å². The van der Waals surface area contributed by atoms with Crippen molar-refractivity contribution >= 4 is 15.9 Å². The monoisotopic (exact) mass is 286 g/mol. The molecule has 0 N–H and O–H groups in total. The maximum Gasteiger partial charge on any atom is 0.0688 e. The molecule has 0 aromatic heterocycles. The molecule has 2 rings (SSSR count). The van der Waals surface area contributed by atoms with E-state index in [-0.39, 0.29) is 5.60 Å². The minimum atomic E-state index is 0.270. The molecular formula is C14H23BrO. The molecule has 16 heavy (non-hydrogen) atoms. The summed E-state index contributed by atoms with van der Waals surface area (Å²) in [4.78, 5) is 0. The van der Waals surface area contributed by atoms with Gasteiger partial charge in [0, 0.05) is 11.9 Å². The van der Waals surface area contributed by atoms with Crippen LogP contribution in [0.2, 0.25) is 0 Å². The Hall–Kier alpha value is 0.180. The fourth-order valence-corrected chi connectivity index (χ4v) is 3.46. The Balaban J connectivity index is 1.95. The molecule has 1 aliphatic carbocycles. The number of rotatable bonds is 3. The van der Waals surface area contributed by atoms with E-state index < -0.39 is 0 Å². The normalized spacial score (nSPS) is 29.9. The summed E-state index contributed by atoms with van der Waals surface area (Å²) in [7, 11) is 0. The van der Waals surface area contributed by atoms with Crippen molar-refractivity contribution < 1.29 is 4.74 Å². The van der Waals surface area contributed by atoms with Crippen LogP contribution in [-0.4, -0.2) is 17.5 Å². The van der Waals surface area contributed by atoms with Crippen molar-refractivity contribution in [3.63, 3.8) is 0 Å². The van der Waals surface area contributed by atoms with Crippen molar-refractivity contribution in [3.05, 3.63) is 11.6 Å². The van der Waals surface area contributed by atoms with Gasteiger partial charge in [0.15, 0.2) is 0 Å². The highest BCUT2D eigenvalue weighted by atomic mass is 79.9. The first-order chi connectivity index (χ1) is 7.76. The van der Waals surface area contributed by atoms with Crippen molar-refractivity contribution in [3.8, 4) is 0 Å². The average molecular weight is 287 g/mol. The quantitative estimate of drug-likeness (QED) is 0.550. The lowest BCUT2D eigenvalue weighted by molar-refractivity contribution is -0.0869. The van der Waals surface area contributed by atoms with E-state index in [1.807, 2.05) is 0 Å². The molecule has 1 spiro atoms. The summed E-state index contributed by atoms with van der Waals surface area (Å²) >= 11 is 3.49. The minimum Gasteiger partial charge on any atom is -0.375 e. The number of ether oxygens (including phenoxy) is 1. The van der Waals surface area contributed by atoms with Gasteiger partial charge >= 0.3 is 0 Å². The maximum absolute atomic E-state index is 6.07. The van der Waals surface area contributed by atoms with Crippen LogP contribution in [0.15, 0.2) is 11.6 Å². The molecule has 2 heteroatoms. The standard InChI is InChI=1S/C14H23BrO/c1-12(5-4-9-15)13-6-10-16-14(11-13)7-2-3-8-14/h5,13H,2-4,6-11H2,1H3. The van der Waals surface area contributed by atoms with E-state index >= 15 is 0 Å². The molecule has 0 amide bonds. The number of halogens is 1. The first-order valence-corrected chi connectivity index (χ1v) is 7.74. The molecule has 0 aromatic rings. The zero-order valence-electron chi connectivity index (χ0n) is 10.3. The predicted octanol–water partition coefficient (Wildman–Crippen LogP) is 4.46. The molecule has 1 saturated carbocycles. The van der Waals surface area contributed by atoms with Crippen molar-refractivity contribution in [2.24, 2.45) is 5.92 Å². The van der Waals surface area contributed by atoms with Crippen LogP contribution in [0, 0.1) is 5.92 Å². The summed E-state index contributed by atoms with van der Waals surface area (Å²) in [6, 6.07) is 0. The van der Waals surface area contributed by atoms with Crippen LogP contribution < -0.4 is 0 Å². The van der Waals surface area contributed by atoms with Crippen LogP contribution in [0.25, 0.3) is 0 Å². The van der Waals surface area contributed by atoms with Crippen molar-refractivity contribution in [2.45, 2.75) is 57.5 Å². The van der Waals surface area contributed by atoms with Gasteiger partial charge in [0.05, 0.1) is 5.60 Å². The topological polar surface area (TPSA) is 9.23 Å². The molecule has 0 radical (unpaired) electrons. The van der Waals surface area contributed by atoms with Gasteiger partial charge in [-0.1, -0.05) is 40.4 Å². The molecule has 1 atom stereocenters. The molecule has 2 fully saturated rings. The zero-order valence-corrected chi connectivity index (χ0v) is 11.9. The van der Waals surface area contributed by atoms with E-state index in [9.17, 15) is 0 Å². The van der Waals surface area contributed by atoms with Crippen molar-refractivity contribution in [1.29, 1.82) is 0 Å². The Morgan fingerprint density at radius 2 is 2.19 bits per heavy atom.